The van der Waals surface area contributed by atoms with Gasteiger partial charge in [-0.3, -0.25) is 0 Å². The van der Waals surface area contributed by atoms with Crippen LogP contribution in [0.15, 0.2) is 27.1 Å². The molecule has 0 fully saturated rings. The molecule has 0 aromatic heterocycles. The Labute approximate surface area is 101 Å². The first-order chi connectivity index (χ1) is 6.59. The van der Waals surface area contributed by atoms with Crippen LogP contribution < -0.4 is 4.74 Å². The van der Waals surface area contributed by atoms with Crippen molar-refractivity contribution in [3.8, 4) is 5.75 Å². The highest BCUT2D eigenvalue weighted by atomic mass is 79.9. The van der Waals surface area contributed by atoms with Gasteiger partial charge in [0.2, 0.25) is 0 Å². The van der Waals surface area contributed by atoms with E-state index in [4.69, 9.17) is 4.74 Å². The topological polar surface area (TPSA) is 12.5 Å². The molecule has 0 radical (unpaired) electrons. The van der Waals surface area contributed by atoms with Gasteiger partial charge >= 0.3 is 0 Å². The minimum absolute atomic E-state index is 0.696. The molecule has 78 valence electrons. The molecule has 1 aromatic carbocycles. The van der Waals surface area contributed by atoms with Crippen LogP contribution in [-0.2, 0) is 0 Å². The van der Waals surface area contributed by atoms with Crippen LogP contribution in [0.5, 0.6) is 5.75 Å². The highest BCUT2D eigenvalue weighted by Crippen LogP contribution is 2.28. The number of hydrogen-bond acceptors (Lipinski definition) is 2. The molecule has 14 heavy (non-hydrogen) atoms. The Bertz CT molecular complexity index is 302. The lowest BCUT2D eigenvalue weighted by molar-refractivity contribution is 0.260. The molecule has 0 amide bonds. The van der Waals surface area contributed by atoms with Crippen molar-refractivity contribution < 1.29 is 4.74 Å². The summed E-state index contributed by atoms with van der Waals surface area (Å²) in [6.45, 7) is 1.61. The Morgan fingerprint density at radius 2 is 2.00 bits per heavy atom. The fourth-order valence-corrected chi connectivity index (χ4v) is 1.63. The predicted octanol–water partition coefficient (Wildman–Crippen LogP) is 3.15. The van der Waals surface area contributed by atoms with Gasteiger partial charge in [-0.25, -0.2) is 0 Å². The number of ether oxygens (including phenoxy) is 1. The molecule has 0 heterocycles. The van der Waals surface area contributed by atoms with Crippen LogP contribution in [-0.4, -0.2) is 32.1 Å². The zero-order valence-electron chi connectivity index (χ0n) is 8.26. The SMILES string of the molecule is CN(C)CCOc1cc(Br)ccc1Br. The third-order valence-electron chi connectivity index (χ3n) is 1.69. The molecule has 0 N–H and O–H groups in total. The summed E-state index contributed by atoms with van der Waals surface area (Å²) in [5, 5.41) is 0. The number of likely N-dealkylation sites (N-methyl/N-ethyl adjacent to an activating group) is 1. The van der Waals surface area contributed by atoms with Crippen LogP contribution in [0.1, 0.15) is 0 Å². The lowest BCUT2D eigenvalue weighted by atomic mass is 10.3. The van der Waals surface area contributed by atoms with E-state index < -0.39 is 0 Å². The van der Waals surface area contributed by atoms with Gasteiger partial charge in [-0.1, -0.05) is 15.9 Å². The minimum Gasteiger partial charge on any atom is -0.491 e. The minimum atomic E-state index is 0.696. The average Bonchev–Trinajstić information content (AvgIpc) is 2.10. The van der Waals surface area contributed by atoms with Gasteiger partial charge in [0.1, 0.15) is 12.4 Å². The van der Waals surface area contributed by atoms with Gasteiger partial charge in [-0.05, 0) is 48.2 Å². The van der Waals surface area contributed by atoms with Crippen LogP contribution in [0, 0.1) is 0 Å². The van der Waals surface area contributed by atoms with E-state index in [1.54, 1.807) is 0 Å². The van der Waals surface area contributed by atoms with Crippen LogP contribution >= 0.6 is 31.9 Å². The van der Waals surface area contributed by atoms with Gasteiger partial charge < -0.3 is 9.64 Å². The van der Waals surface area contributed by atoms with Crippen molar-refractivity contribution in [2.75, 3.05) is 27.2 Å². The Morgan fingerprint density at radius 3 is 2.64 bits per heavy atom. The number of hydrogen-bond donors (Lipinski definition) is 0. The average molecular weight is 323 g/mol. The van der Waals surface area contributed by atoms with Gasteiger partial charge in [-0.15, -0.1) is 0 Å². The first kappa shape index (κ1) is 12.0. The van der Waals surface area contributed by atoms with Gasteiger partial charge in [0.15, 0.2) is 0 Å². The summed E-state index contributed by atoms with van der Waals surface area (Å²) in [6.07, 6.45) is 0. The quantitative estimate of drug-likeness (QED) is 0.844. The number of benzene rings is 1. The van der Waals surface area contributed by atoms with Gasteiger partial charge in [0.25, 0.3) is 0 Å². The van der Waals surface area contributed by atoms with Crippen molar-refractivity contribution in [1.29, 1.82) is 0 Å². The first-order valence-electron chi connectivity index (χ1n) is 4.32. The van der Waals surface area contributed by atoms with Crippen LogP contribution in [0.25, 0.3) is 0 Å². The largest absolute Gasteiger partial charge is 0.491 e. The molecule has 0 aliphatic rings. The fraction of sp³-hybridized carbons (Fsp3) is 0.400. The summed E-state index contributed by atoms with van der Waals surface area (Å²) < 4.78 is 7.62. The molecule has 0 aliphatic heterocycles. The molecule has 0 atom stereocenters. The van der Waals surface area contributed by atoms with Gasteiger partial charge in [0.05, 0.1) is 4.47 Å². The number of nitrogens with zero attached hydrogens (tertiary/aromatic N) is 1. The van der Waals surface area contributed by atoms with E-state index in [-0.39, 0.29) is 0 Å². The molecular formula is C10H13Br2NO. The molecule has 2 nitrogen and oxygen atoms in total. The van der Waals surface area contributed by atoms with E-state index in [0.717, 1.165) is 21.2 Å². The Hall–Kier alpha value is -0.0600. The Kier molecular flexibility index (Phi) is 4.92. The second kappa shape index (κ2) is 5.73. The molecule has 0 spiro atoms. The lowest BCUT2D eigenvalue weighted by Crippen LogP contribution is -2.19. The van der Waals surface area contributed by atoms with Crippen molar-refractivity contribution >= 4 is 31.9 Å². The van der Waals surface area contributed by atoms with E-state index >= 15 is 0 Å². The van der Waals surface area contributed by atoms with Crippen molar-refractivity contribution in [3.05, 3.63) is 27.1 Å². The van der Waals surface area contributed by atoms with Crippen LogP contribution in [0.3, 0.4) is 0 Å². The Morgan fingerprint density at radius 1 is 1.29 bits per heavy atom. The molecule has 0 unspecified atom stereocenters. The normalized spacial score (nSPS) is 10.6. The molecule has 1 aromatic rings. The standard InChI is InChI=1S/C10H13Br2NO/c1-13(2)5-6-14-10-7-8(11)3-4-9(10)12/h3-4,7H,5-6H2,1-2H3. The molecule has 1 rings (SSSR count). The summed E-state index contributed by atoms with van der Waals surface area (Å²) >= 11 is 6.84. The van der Waals surface area contributed by atoms with Crippen molar-refractivity contribution in [2.45, 2.75) is 0 Å². The molecule has 4 heteroatoms. The third kappa shape index (κ3) is 3.98. The van der Waals surface area contributed by atoms with E-state index in [1.165, 1.54) is 0 Å². The van der Waals surface area contributed by atoms with Crippen LogP contribution in [0.2, 0.25) is 0 Å². The lowest BCUT2D eigenvalue weighted by Gasteiger charge is -2.12. The second-order valence-corrected chi connectivity index (χ2v) is 5.00. The van der Waals surface area contributed by atoms with E-state index in [0.29, 0.717) is 6.61 Å². The number of halogens is 2. The first-order valence-corrected chi connectivity index (χ1v) is 5.91. The summed E-state index contributed by atoms with van der Waals surface area (Å²) in [7, 11) is 4.05. The maximum atomic E-state index is 5.61. The second-order valence-electron chi connectivity index (χ2n) is 3.23. The van der Waals surface area contributed by atoms with Crippen molar-refractivity contribution in [3.63, 3.8) is 0 Å². The van der Waals surface area contributed by atoms with E-state index in [2.05, 4.69) is 36.8 Å². The zero-order valence-corrected chi connectivity index (χ0v) is 11.4. The maximum Gasteiger partial charge on any atom is 0.134 e. The monoisotopic (exact) mass is 321 g/mol. The van der Waals surface area contributed by atoms with E-state index in [1.807, 2.05) is 32.3 Å². The molecular weight excluding hydrogens is 310 g/mol. The summed E-state index contributed by atoms with van der Waals surface area (Å²) in [4.78, 5) is 2.09. The summed E-state index contributed by atoms with van der Waals surface area (Å²) in [5.74, 6) is 0.876. The molecule has 0 aliphatic carbocycles. The highest BCUT2D eigenvalue weighted by Gasteiger charge is 2.01. The maximum absolute atomic E-state index is 5.61. The van der Waals surface area contributed by atoms with Crippen molar-refractivity contribution in [1.82, 2.24) is 4.90 Å². The smallest absolute Gasteiger partial charge is 0.134 e. The zero-order chi connectivity index (χ0) is 10.6. The molecule has 0 saturated carbocycles. The van der Waals surface area contributed by atoms with Gasteiger partial charge in [0, 0.05) is 11.0 Å². The van der Waals surface area contributed by atoms with Crippen LogP contribution in [0.4, 0.5) is 0 Å². The highest BCUT2D eigenvalue weighted by molar-refractivity contribution is 9.11. The third-order valence-corrected chi connectivity index (χ3v) is 2.84. The summed E-state index contributed by atoms with van der Waals surface area (Å²) in [6, 6.07) is 5.90. The fourth-order valence-electron chi connectivity index (χ4n) is 0.926. The van der Waals surface area contributed by atoms with Gasteiger partial charge in [-0.2, -0.15) is 0 Å². The number of rotatable bonds is 4. The Balaban J connectivity index is 2.53. The molecule has 0 saturated heterocycles. The molecule has 0 bridgehead atoms. The predicted molar refractivity (Wildman–Crippen MR) is 65.9 cm³/mol. The summed E-state index contributed by atoms with van der Waals surface area (Å²) in [5.41, 5.74) is 0. The van der Waals surface area contributed by atoms with Crippen molar-refractivity contribution in [2.24, 2.45) is 0 Å². The van der Waals surface area contributed by atoms with E-state index in [9.17, 15) is 0 Å².